The van der Waals surface area contributed by atoms with Crippen molar-refractivity contribution in [1.29, 1.82) is 0 Å². The van der Waals surface area contributed by atoms with Gasteiger partial charge >= 0.3 is 0 Å². The molecule has 2 saturated heterocycles. The molecule has 3 fully saturated rings. The van der Waals surface area contributed by atoms with Gasteiger partial charge in [0.15, 0.2) is 11.6 Å². The summed E-state index contributed by atoms with van der Waals surface area (Å²) in [6.07, 6.45) is 4.16. The number of hydrogen-bond acceptors (Lipinski definition) is 5. The highest BCUT2D eigenvalue weighted by molar-refractivity contribution is 5.85. The highest BCUT2D eigenvalue weighted by atomic mass is 35.5. The third kappa shape index (κ3) is 5.26. The number of likely N-dealkylation sites (tertiary alicyclic amines) is 1. The summed E-state index contributed by atoms with van der Waals surface area (Å²) in [6.45, 7) is 1.42. The number of carbonyl (C=O) groups excluding carboxylic acids is 1. The summed E-state index contributed by atoms with van der Waals surface area (Å²) >= 11 is 0. The molecule has 0 spiro atoms. The smallest absolute Gasteiger partial charge is 0.236 e. The molecule has 33 heavy (non-hydrogen) atoms. The molecule has 1 aromatic carbocycles. The molecule has 178 valence electrons. The summed E-state index contributed by atoms with van der Waals surface area (Å²) in [6, 6.07) is 5.75. The Hall–Kier alpha value is -2.36. The predicted octanol–water partition coefficient (Wildman–Crippen LogP) is 2.91. The molecule has 3 heterocycles. The van der Waals surface area contributed by atoms with Gasteiger partial charge < -0.3 is 20.3 Å². The van der Waals surface area contributed by atoms with Gasteiger partial charge in [-0.1, -0.05) is 0 Å². The molecule has 2 aromatic rings. The van der Waals surface area contributed by atoms with Gasteiger partial charge in [-0.2, -0.15) is 4.39 Å². The molecule has 2 aliphatic heterocycles. The molecule has 1 amide bonds. The molecule has 0 radical (unpaired) electrons. The topological polar surface area (TPSA) is 66.5 Å². The third-order valence-corrected chi connectivity index (χ3v) is 6.52. The Labute approximate surface area is 196 Å². The Balaban J connectivity index is 0.00000259. The molecule has 4 atom stereocenters. The second-order valence-electron chi connectivity index (χ2n) is 8.81. The van der Waals surface area contributed by atoms with Gasteiger partial charge in [-0.05, 0) is 37.5 Å². The molecule has 5 rings (SSSR count). The first-order valence-corrected chi connectivity index (χ1v) is 11.0. The van der Waals surface area contributed by atoms with E-state index >= 15 is 0 Å². The molecule has 1 aliphatic carbocycles. The Kier molecular flexibility index (Phi) is 7.11. The normalized spacial score (nSPS) is 25.5. The standard InChI is InChI=1S/C23H25F3N4O2.ClH/c24-14-6-18(22(19(25)7-14)32-12-13-2-1-5-27-23(13)26)17-8-20(17)28-9-21(31)30-10-15-3-4-16(11-30)29-15;/h1-2,5-7,15-17,20,28-29H,3-4,8-12H2;1H/t15?,16?,17-,20+;/m0./s1. The van der Waals surface area contributed by atoms with E-state index < -0.39 is 17.6 Å². The zero-order valence-corrected chi connectivity index (χ0v) is 18.7. The highest BCUT2D eigenvalue weighted by Gasteiger charge is 2.42. The summed E-state index contributed by atoms with van der Waals surface area (Å²) in [5.74, 6) is -2.45. The van der Waals surface area contributed by atoms with E-state index in [0.717, 1.165) is 32.0 Å². The molecule has 6 nitrogen and oxygen atoms in total. The monoisotopic (exact) mass is 482 g/mol. The van der Waals surface area contributed by atoms with Gasteiger partial charge in [-0.15, -0.1) is 12.4 Å². The zero-order valence-electron chi connectivity index (χ0n) is 17.9. The summed E-state index contributed by atoms with van der Waals surface area (Å²) < 4.78 is 47.8. The number of halogens is 4. The van der Waals surface area contributed by atoms with Crippen molar-refractivity contribution in [1.82, 2.24) is 20.5 Å². The number of hydrogen-bond donors (Lipinski definition) is 2. The first-order chi connectivity index (χ1) is 15.5. The number of carbonyl (C=O) groups is 1. The van der Waals surface area contributed by atoms with E-state index in [4.69, 9.17) is 4.74 Å². The Morgan fingerprint density at radius 3 is 2.70 bits per heavy atom. The number of fused-ring (bicyclic) bond motifs is 2. The summed E-state index contributed by atoms with van der Waals surface area (Å²) in [5.41, 5.74) is 0.570. The van der Waals surface area contributed by atoms with Crippen LogP contribution in [0.2, 0.25) is 0 Å². The first kappa shape index (κ1) is 23.8. The molecular formula is C23H26ClF3N4O2. The maximum Gasteiger partial charge on any atom is 0.236 e. The minimum absolute atomic E-state index is 0. The van der Waals surface area contributed by atoms with Gasteiger partial charge in [0.05, 0.1) is 6.54 Å². The lowest BCUT2D eigenvalue weighted by atomic mass is 10.1. The summed E-state index contributed by atoms with van der Waals surface area (Å²) in [5, 5.41) is 6.72. The van der Waals surface area contributed by atoms with E-state index in [1.54, 1.807) is 6.07 Å². The van der Waals surface area contributed by atoms with Crippen LogP contribution >= 0.6 is 12.4 Å². The number of rotatable bonds is 7. The summed E-state index contributed by atoms with van der Waals surface area (Å²) in [7, 11) is 0. The van der Waals surface area contributed by atoms with Gasteiger partial charge in [0, 0.05) is 60.5 Å². The average Bonchev–Trinajstić information content (AvgIpc) is 3.47. The number of nitrogens with one attached hydrogen (secondary N) is 2. The minimum atomic E-state index is -0.831. The van der Waals surface area contributed by atoms with E-state index in [1.807, 2.05) is 4.90 Å². The lowest BCUT2D eigenvalue weighted by Crippen LogP contribution is -2.54. The average molecular weight is 483 g/mol. The molecule has 2 bridgehead atoms. The van der Waals surface area contributed by atoms with Crippen molar-refractivity contribution in [2.75, 3.05) is 19.6 Å². The number of piperazine rings is 1. The largest absolute Gasteiger partial charge is 0.485 e. The van der Waals surface area contributed by atoms with Gasteiger partial charge in [-0.25, -0.2) is 13.8 Å². The number of aromatic nitrogens is 1. The van der Waals surface area contributed by atoms with Crippen LogP contribution in [0.25, 0.3) is 0 Å². The number of ether oxygens (including phenoxy) is 1. The van der Waals surface area contributed by atoms with Crippen LogP contribution in [-0.4, -0.2) is 53.6 Å². The van der Waals surface area contributed by atoms with Crippen LogP contribution in [0.15, 0.2) is 30.5 Å². The molecule has 1 saturated carbocycles. The maximum atomic E-state index is 14.5. The lowest BCUT2D eigenvalue weighted by molar-refractivity contribution is -0.131. The van der Waals surface area contributed by atoms with Crippen LogP contribution in [-0.2, 0) is 11.4 Å². The second kappa shape index (κ2) is 9.87. The van der Waals surface area contributed by atoms with Crippen molar-refractivity contribution < 1.29 is 22.7 Å². The van der Waals surface area contributed by atoms with Gasteiger partial charge in [0.1, 0.15) is 12.4 Å². The molecule has 10 heteroatoms. The molecular weight excluding hydrogens is 457 g/mol. The van der Waals surface area contributed by atoms with Crippen molar-refractivity contribution in [2.24, 2.45) is 0 Å². The number of nitrogens with zero attached hydrogens (tertiary/aromatic N) is 2. The van der Waals surface area contributed by atoms with E-state index in [0.29, 0.717) is 24.1 Å². The predicted molar refractivity (Wildman–Crippen MR) is 118 cm³/mol. The van der Waals surface area contributed by atoms with Crippen LogP contribution < -0.4 is 15.4 Å². The quantitative estimate of drug-likeness (QED) is 0.594. The Morgan fingerprint density at radius 1 is 1.21 bits per heavy atom. The van der Waals surface area contributed by atoms with E-state index in [1.165, 1.54) is 18.3 Å². The fourth-order valence-electron chi connectivity index (χ4n) is 4.78. The van der Waals surface area contributed by atoms with Gasteiger partial charge in [-0.3, -0.25) is 4.79 Å². The molecule has 2 unspecified atom stereocenters. The Morgan fingerprint density at radius 2 is 1.97 bits per heavy atom. The van der Waals surface area contributed by atoms with Crippen molar-refractivity contribution in [2.45, 2.75) is 49.9 Å². The van der Waals surface area contributed by atoms with Crippen molar-refractivity contribution in [3.8, 4) is 5.75 Å². The van der Waals surface area contributed by atoms with Crippen molar-refractivity contribution >= 4 is 18.3 Å². The molecule has 3 aliphatic rings. The van der Waals surface area contributed by atoms with Crippen LogP contribution in [0, 0.1) is 17.6 Å². The van der Waals surface area contributed by atoms with Crippen LogP contribution in [0.3, 0.4) is 0 Å². The number of amides is 1. The van der Waals surface area contributed by atoms with Crippen molar-refractivity contribution in [3.63, 3.8) is 0 Å². The van der Waals surface area contributed by atoms with E-state index in [2.05, 4.69) is 15.6 Å². The SMILES string of the molecule is Cl.O=C(CN[C@@H]1C[C@H]1c1cc(F)cc(F)c1OCc1cccnc1F)N1CC2CCC(C1)N2. The van der Waals surface area contributed by atoms with Crippen LogP contribution in [0.5, 0.6) is 5.75 Å². The van der Waals surface area contributed by atoms with Gasteiger partial charge in [0.25, 0.3) is 0 Å². The first-order valence-electron chi connectivity index (χ1n) is 11.0. The van der Waals surface area contributed by atoms with Crippen molar-refractivity contribution in [3.05, 3.63) is 59.2 Å². The fraction of sp³-hybridized carbons (Fsp3) is 0.478. The van der Waals surface area contributed by atoms with Crippen LogP contribution in [0.1, 0.15) is 36.3 Å². The maximum absolute atomic E-state index is 14.5. The summed E-state index contributed by atoms with van der Waals surface area (Å²) in [4.78, 5) is 18.1. The van der Waals surface area contributed by atoms with E-state index in [-0.39, 0.29) is 54.7 Å². The highest BCUT2D eigenvalue weighted by Crippen LogP contribution is 2.46. The minimum Gasteiger partial charge on any atom is -0.485 e. The molecule has 1 aromatic heterocycles. The Bertz CT molecular complexity index is 1020. The lowest BCUT2D eigenvalue weighted by Gasteiger charge is -2.33. The van der Waals surface area contributed by atoms with Gasteiger partial charge in [0.2, 0.25) is 11.9 Å². The van der Waals surface area contributed by atoms with E-state index in [9.17, 15) is 18.0 Å². The second-order valence-corrected chi connectivity index (χ2v) is 8.81. The number of benzene rings is 1. The molecule has 2 N–H and O–H groups in total. The number of pyridine rings is 1. The fourth-order valence-corrected chi connectivity index (χ4v) is 4.78. The van der Waals surface area contributed by atoms with Crippen LogP contribution in [0.4, 0.5) is 13.2 Å². The third-order valence-electron chi connectivity index (χ3n) is 6.52. The zero-order chi connectivity index (χ0) is 22.2.